The minimum atomic E-state index is -0.561. The largest absolute Gasteiger partial charge is 0.445 e. The molecule has 5 heteroatoms. The third-order valence-corrected chi connectivity index (χ3v) is 2.66. The lowest BCUT2D eigenvalue weighted by molar-refractivity contribution is 0.140. The van der Waals surface area contributed by atoms with Gasteiger partial charge in [0.05, 0.1) is 0 Å². The Balaban J connectivity index is 1.65. The zero-order valence-corrected chi connectivity index (χ0v) is 11.9. The number of nitrogens with one attached hydrogen (secondary N) is 1. The first-order valence-corrected chi connectivity index (χ1v) is 6.80. The maximum atomic E-state index is 12.8. The minimum absolute atomic E-state index is 0.228. The Labute approximate surface area is 128 Å². The molecule has 0 unspecified atom stereocenters. The van der Waals surface area contributed by atoms with E-state index >= 15 is 0 Å². The molecule has 1 aromatic carbocycles. The molecular weight excluding hydrogens is 283 g/mol. The first kappa shape index (κ1) is 15.5. The first-order valence-electron chi connectivity index (χ1n) is 6.80. The SMILES string of the molecule is O=C(NCCC#Cc1cccc(F)n1)OCc1ccccc1. The molecule has 4 nitrogen and oxygen atoms in total. The maximum absolute atomic E-state index is 12.8. The van der Waals surface area contributed by atoms with E-state index in [1.54, 1.807) is 12.1 Å². The normalized spacial score (nSPS) is 9.50. The number of amides is 1. The van der Waals surface area contributed by atoms with Crippen molar-refractivity contribution in [3.8, 4) is 11.8 Å². The van der Waals surface area contributed by atoms with Crippen LogP contribution >= 0.6 is 0 Å². The van der Waals surface area contributed by atoms with Gasteiger partial charge < -0.3 is 10.1 Å². The van der Waals surface area contributed by atoms with Crippen LogP contribution in [0.5, 0.6) is 0 Å². The quantitative estimate of drug-likeness (QED) is 0.536. The standard InChI is InChI=1S/C17H15FN2O2/c18-16-11-6-10-15(20-16)9-4-5-12-19-17(21)22-13-14-7-2-1-3-8-14/h1-3,6-8,10-11H,5,12-13H2,(H,19,21). The van der Waals surface area contributed by atoms with Gasteiger partial charge in [0.15, 0.2) is 0 Å². The fourth-order valence-electron chi connectivity index (χ4n) is 1.63. The van der Waals surface area contributed by atoms with Crippen molar-refractivity contribution in [2.75, 3.05) is 6.54 Å². The number of aromatic nitrogens is 1. The third-order valence-electron chi connectivity index (χ3n) is 2.66. The molecule has 112 valence electrons. The summed E-state index contributed by atoms with van der Waals surface area (Å²) in [5.74, 6) is 4.97. The molecule has 2 rings (SSSR count). The van der Waals surface area contributed by atoms with Crippen molar-refractivity contribution >= 4 is 6.09 Å². The van der Waals surface area contributed by atoms with Gasteiger partial charge in [-0.15, -0.1) is 0 Å². The molecule has 2 aromatic rings. The zero-order valence-electron chi connectivity index (χ0n) is 11.9. The molecule has 0 aliphatic heterocycles. The zero-order chi connectivity index (χ0) is 15.6. The highest BCUT2D eigenvalue weighted by molar-refractivity contribution is 5.67. The first-order chi connectivity index (χ1) is 10.7. The van der Waals surface area contributed by atoms with Crippen molar-refractivity contribution in [1.82, 2.24) is 10.3 Å². The van der Waals surface area contributed by atoms with Crippen LogP contribution in [0.4, 0.5) is 9.18 Å². The molecule has 1 aromatic heterocycles. The molecule has 1 heterocycles. The molecule has 0 fully saturated rings. The summed E-state index contributed by atoms with van der Waals surface area (Å²) in [6.45, 7) is 0.585. The second-order valence-corrected chi connectivity index (χ2v) is 4.39. The van der Waals surface area contributed by atoms with Crippen molar-refractivity contribution in [2.45, 2.75) is 13.0 Å². The van der Waals surface area contributed by atoms with Crippen LogP contribution in [-0.4, -0.2) is 17.6 Å². The Kier molecular flexibility index (Phi) is 5.94. The minimum Gasteiger partial charge on any atom is -0.445 e. The fraction of sp³-hybridized carbons (Fsp3) is 0.176. The number of carbonyl (C=O) groups excluding carboxylic acids is 1. The molecule has 0 radical (unpaired) electrons. The van der Waals surface area contributed by atoms with Crippen molar-refractivity contribution in [3.05, 3.63) is 65.7 Å². The molecule has 0 atom stereocenters. The predicted molar refractivity (Wildman–Crippen MR) is 80.3 cm³/mol. The smallest absolute Gasteiger partial charge is 0.407 e. The van der Waals surface area contributed by atoms with Gasteiger partial charge in [0.2, 0.25) is 5.95 Å². The number of alkyl carbamates (subject to hydrolysis) is 1. The van der Waals surface area contributed by atoms with Crippen LogP contribution in [0.25, 0.3) is 0 Å². The van der Waals surface area contributed by atoms with Crippen LogP contribution in [0, 0.1) is 17.8 Å². The molecule has 1 N–H and O–H groups in total. The number of nitrogens with zero attached hydrogens (tertiary/aromatic N) is 1. The van der Waals surface area contributed by atoms with Crippen LogP contribution in [0.15, 0.2) is 48.5 Å². The summed E-state index contributed by atoms with van der Waals surface area (Å²) in [7, 11) is 0. The molecule has 0 aliphatic carbocycles. The molecule has 0 saturated carbocycles. The molecule has 0 spiro atoms. The van der Waals surface area contributed by atoms with Gasteiger partial charge in [-0.3, -0.25) is 0 Å². The highest BCUT2D eigenvalue weighted by Crippen LogP contribution is 2.00. The number of pyridine rings is 1. The van der Waals surface area contributed by atoms with Crippen molar-refractivity contribution in [2.24, 2.45) is 0 Å². The lowest BCUT2D eigenvalue weighted by Gasteiger charge is -2.05. The second kappa shape index (κ2) is 8.42. The summed E-state index contributed by atoms with van der Waals surface area (Å²) < 4.78 is 17.9. The summed E-state index contributed by atoms with van der Waals surface area (Å²) in [4.78, 5) is 15.1. The van der Waals surface area contributed by atoms with E-state index in [2.05, 4.69) is 22.1 Å². The van der Waals surface area contributed by atoms with Crippen LogP contribution in [0.1, 0.15) is 17.7 Å². The van der Waals surface area contributed by atoms with Crippen LogP contribution in [0.3, 0.4) is 0 Å². The lowest BCUT2D eigenvalue weighted by Crippen LogP contribution is -2.24. The highest BCUT2D eigenvalue weighted by atomic mass is 19.1. The van der Waals surface area contributed by atoms with Crippen LogP contribution in [-0.2, 0) is 11.3 Å². The summed E-state index contributed by atoms with van der Waals surface area (Å²) in [6, 6.07) is 13.9. The summed E-state index contributed by atoms with van der Waals surface area (Å²) in [5, 5.41) is 2.59. The Morgan fingerprint density at radius 2 is 2.00 bits per heavy atom. The van der Waals surface area contributed by atoms with Crippen molar-refractivity contribution in [1.29, 1.82) is 0 Å². The van der Waals surface area contributed by atoms with E-state index in [-0.39, 0.29) is 6.61 Å². The van der Waals surface area contributed by atoms with Crippen LogP contribution < -0.4 is 5.32 Å². The summed E-state index contributed by atoms with van der Waals surface area (Å²) >= 11 is 0. The third kappa shape index (κ3) is 5.63. The average molecular weight is 298 g/mol. The lowest BCUT2D eigenvalue weighted by atomic mass is 10.2. The van der Waals surface area contributed by atoms with Gasteiger partial charge in [0.25, 0.3) is 0 Å². The Bertz CT molecular complexity index is 678. The highest BCUT2D eigenvalue weighted by Gasteiger charge is 2.00. The fourth-order valence-corrected chi connectivity index (χ4v) is 1.63. The maximum Gasteiger partial charge on any atom is 0.407 e. The number of halogens is 1. The van der Waals surface area contributed by atoms with Crippen LogP contribution in [0.2, 0.25) is 0 Å². The summed E-state index contributed by atoms with van der Waals surface area (Å²) in [5.41, 5.74) is 1.29. The van der Waals surface area contributed by atoms with Gasteiger partial charge in [-0.25, -0.2) is 9.78 Å². The van der Waals surface area contributed by atoms with Gasteiger partial charge in [-0.1, -0.05) is 42.3 Å². The van der Waals surface area contributed by atoms with Gasteiger partial charge in [-0.05, 0) is 23.6 Å². The number of benzene rings is 1. The van der Waals surface area contributed by atoms with Crippen molar-refractivity contribution < 1.29 is 13.9 Å². The number of ether oxygens (including phenoxy) is 1. The molecule has 1 amide bonds. The van der Waals surface area contributed by atoms with Gasteiger partial charge >= 0.3 is 6.09 Å². The number of hydrogen-bond donors (Lipinski definition) is 1. The van der Waals surface area contributed by atoms with Gasteiger partial charge in [0, 0.05) is 13.0 Å². The summed E-state index contributed by atoms with van der Waals surface area (Å²) in [6.07, 6.45) is -0.0620. The second-order valence-electron chi connectivity index (χ2n) is 4.39. The van der Waals surface area contributed by atoms with E-state index < -0.39 is 12.0 Å². The predicted octanol–water partition coefficient (Wildman–Crippen LogP) is 2.89. The van der Waals surface area contributed by atoms with Gasteiger partial charge in [0.1, 0.15) is 12.3 Å². The average Bonchev–Trinajstić information content (AvgIpc) is 2.54. The number of rotatable bonds is 4. The molecule has 0 aliphatic rings. The van der Waals surface area contributed by atoms with E-state index in [0.717, 1.165) is 5.56 Å². The van der Waals surface area contributed by atoms with Crippen molar-refractivity contribution in [3.63, 3.8) is 0 Å². The van der Waals surface area contributed by atoms with E-state index in [9.17, 15) is 9.18 Å². The van der Waals surface area contributed by atoms with E-state index in [1.807, 2.05) is 30.3 Å². The molecular formula is C17H15FN2O2. The molecule has 0 saturated heterocycles. The van der Waals surface area contributed by atoms with E-state index in [0.29, 0.717) is 18.7 Å². The Morgan fingerprint density at radius 1 is 1.18 bits per heavy atom. The van der Waals surface area contributed by atoms with E-state index in [1.165, 1.54) is 6.07 Å². The number of carbonyl (C=O) groups is 1. The monoisotopic (exact) mass is 298 g/mol. The van der Waals surface area contributed by atoms with E-state index in [4.69, 9.17) is 4.74 Å². The molecule has 22 heavy (non-hydrogen) atoms. The van der Waals surface area contributed by atoms with Gasteiger partial charge in [-0.2, -0.15) is 4.39 Å². The Hall–Kier alpha value is -2.87. The molecule has 0 bridgehead atoms. The Morgan fingerprint density at radius 3 is 2.77 bits per heavy atom. The topological polar surface area (TPSA) is 51.2 Å². The number of hydrogen-bond acceptors (Lipinski definition) is 3.